The minimum Gasteiger partial charge on any atom is -0.320 e. The van der Waals surface area contributed by atoms with Gasteiger partial charge in [0.05, 0.1) is 0 Å². The van der Waals surface area contributed by atoms with Crippen LogP contribution in [0, 0.1) is 18.8 Å². The minimum absolute atomic E-state index is 0.883. The van der Waals surface area contributed by atoms with Gasteiger partial charge >= 0.3 is 0 Å². The third-order valence-corrected chi connectivity index (χ3v) is 3.46. The van der Waals surface area contributed by atoms with E-state index in [1.165, 1.54) is 51.5 Å². The molecule has 0 heterocycles. The van der Waals surface area contributed by atoms with E-state index >= 15 is 0 Å². The van der Waals surface area contributed by atoms with Crippen LogP contribution in [0.3, 0.4) is 0 Å². The van der Waals surface area contributed by atoms with Crippen LogP contribution >= 0.6 is 0 Å². The highest BCUT2D eigenvalue weighted by atomic mass is 14.8. The Kier molecular flexibility index (Phi) is 11.4. The summed E-state index contributed by atoms with van der Waals surface area (Å²) in [6.07, 6.45) is 10.8. The van der Waals surface area contributed by atoms with E-state index in [-0.39, 0.29) is 0 Å². The van der Waals surface area contributed by atoms with E-state index in [1.807, 2.05) is 7.05 Å². The maximum absolute atomic E-state index is 3.92. The lowest BCUT2D eigenvalue weighted by Crippen LogP contribution is -2.07. The van der Waals surface area contributed by atoms with Gasteiger partial charge in [-0.25, -0.2) is 0 Å². The van der Waals surface area contributed by atoms with Gasteiger partial charge < -0.3 is 5.32 Å². The quantitative estimate of drug-likeness (QED) is 0.514. The zero-order chi connectivity index (χ0) is 12.2. The molecule has 1 nitrogen and oxygen atoms in total. The summed E-state index contributed by atoms with van der Waals surface area (Å²) in [7, 11) is 2.04. The fraction of sp³-hybridized carbons (Fsp3) is 0.933. The van der Waals surface area contributed by atoms with Crippen molar-refractivity contribution >= 4 is 0 Å². The molecular weight excluding hydrogens is 194 g/mol. The molecule has 0 aromatic heterocycles. The maximum atomic E-state index is 3.92. The number of unbranched alkanes of at least 4 members (excludes halogenated alkanes) is 1. The van der Waals surface area contributed by atoms with E-state index in [4.69, 9.17) is 0 Å². The molecule has 0 saturated carbocycles. The number of hydrogen-bond acceptors (Lipinski definition) is 1. The van der Waals surface area contributed by atoms with Gasteiger partial charge in [-0.3, -0.25) is 0 Å². The molecule has 0 aromatic carbocycles. The first-order valence-electron chi connectivity index (χ1n) is 7.14. The van der Waals surface area contributed by atoms with Crippen molar-refractivity contribution in [2.45, 2.75) is 65.2 Å². The van der Waals surface area contributed by atoms with E-state index < -0.39 is 0 Å². The SMILES string of the molecule is [CH2]CCC(C)CCCC(C)CCCCNC. The van der Waals surface area contributed by atoms with Gasteiger partial charge in [0, 0.05) is 0 Å². The minimum atomic E-state index is 0.883. The molecule has 0 fully saturated rings. The summed E-state index contributed by atoms with van der Waals surface area (Å²) in [5.74, 6) is 1.80. The second-order valence-corrected chi connectivity index (χ2v) is 5.38. The lowest BCUT2D eigenvalue weighted by Gasteiger charge is -2.13. The lowest BCUT2D eigenvalue weighted by molar-refractivity contribution is 0.403. The first-order chi connectivity index (χ1) is 7.70. The summed E-state index contributed by atoms with van der Waals surface area (Å²) in [5, 5.41) is 3.21. The van der Waals surface area contributed by atoms with Crippen LogP contribution in [0.5, 0.6) is 0 Å². The summed E-state index contributed by atoms with van der Waals surface area (Å²) in [5.41, 5.74) is 0. The monoisotopic (exact) mass is 226 g/mol. The molecule has 0 aliphatic carbocycles. The zero-order valence-electron chi connectivity index (χ0n) is 11.7. The molecule has 16 heavy (non-hydrogen) atoms. The first kappa shape index (κ1) is 16.0. The van der Waals surface area contributed by atoms with Gasteiger partial charge in [-0.2, -0.15) is 0 Å². The summed E-state index contributed by atoms with van der Waals surface area (Å²) in [6.45, 7) is 9.87. The van der Waals surface area contributed by atoms with Crippen LogP contribution in [0.4, 0.5) is 0 Å². The molecule has 0 aliphatic heterocycles. The van der Waals surface area contributed by atoms with Crippen LogP contribution in [0.15, 0.2) is 0 Å². The average molecular weight is 226 g/mol. The molecule has 2 unspecified atom stereocenters. The molecule has 0 aromatic rings. The molecule has 97 valence electrons. The Hall–Kier alpha value is -0.0400. The Morgan fingerprint density at radius 2 is 1.44 bits per heavy atom. The number of hydrogen-bond donors (Lipinski definition) is 1. The first-order valence-corrected chi connectivity index (χ1v) is 7.14. The topological polar surface area (TPSA) is 12.0 Å². The van der Waals surface area contributed by atoms with Gasteiger partial charge in [0.25, 0.3) is 0 Å². The normalized spacial score (nSPS) is 15.0. The van der Waals surface area contributed by atoms with E-state index in [9.17, 15) is 0 Å². The standard InChI is InChI=1S/C15H32N/c1-5-9-14(2)11-8-12-15(3)10-6-7-13-16-4/h14-16H,1,5-13H2,2-4H3. The van der Waals surface area contributed by atoms with Crippen molar-refractivity contribution in [3.8, 4) is 0 Å². The Bertz CT molecular complexity index is 133. The van der Waals surface area contributed by atoms with Crippen LogP contribution in [-0.2, 0) is 0 Å². The van der Waals surface area contributed by atoms with Crippen LogP contribution in [0.25, 0.3) is 0 Å². The van der Waals surface area contributed by atoms with Gasteiger partial charge in [-0.15, -0.1) is 0 Å². The van der Waals surface area contributed by atoms with Crippen LogP contribution < -0.4 is 5.32 Å². The number of nitrogens with one attached hydrogen (secondary N) is 1. The van der Waals surface area contributed by atoms with Crippen molar-refractivity contribution in [3.63, 3.8) is 0 Å². The lowest BCUT2D eigenvalue weighted by atomic mass is 9.93. The van der Waals surface area contributed by atoms with Crippen LogP contribution in [0.1, 0.15) is 65.2 Å². The molecule has 1 radical (unpaired) electrons. The van der Waals surface area contributed by atoms with E-state index in [0.29, 0.717) is 0 Å². The highest BCUT2D eigenvalue weighted by molar-refractivity contribution is 4.59. The summed E-state index contributed by atoms with van der Waals surface area (Å²) in [4.78, 5) is 0. The van der Waals surface area contributed by atoms with Gasteiger partial charge in [0.2, 0.25) is 0 Å². The van der Waals surface area contributed by atoms with Crippen molar-refractivity contribution in [1.82, 2.24) is 5.32 Å². The van der Waals surface area contributed by atoms with Crippen molar-refractivity contribution in [3.05, 3.63) is 6.92 Å². The molecule has 0 bridgehead atoms. The second kappa shape index (κ2) is 11.4. The van der Waals surface area contributed by atoms with Crippen molar-refractivity contribution in [2.75, 3.05) is 13.6 Å². The molecule has 0 rings (SSSR count). The molecule has 1 heteroatoms. The Balaban J connectivity index is 3.26. The fourth-order valence-corrected chi connectivity index (χ4v) is 2.25. The highest BCUT2D eigenvalue weighted by Gasteiger charge is 2.04. The average Bonchev–Trinajstić information content (AvgIpc) is 2.25. The molecule has 2 atom stereocenters. The van der Waals surface area contributed by atoms with Crippen molar-refractivity contribution in [1.29, 1.82) is 0 Å². The molecule has 0 saturated heterocycles. The smallest absolute Gasteiger partial charge is 0.00519 e. The highest BCUT2D eigenvalue weighted by Crippen LogP contribution is 2.19. The Morgan fingerprint density at radius 1 is 0.875 bits per heavy atom. The number of rotatable bonds is 11. The maximum Gasteiger partial charge on any atom is -0.00519 e. The second-order valence-electron chi connectivity index (χ2n) is 5.38. The predicted octanol–water partition coefficient (Wildman–Crippen LogP) is 4.43. The Morgan fingerprint density at radius 3 is 2.00 bits per heavy atom. The van der Waals surface area contributed by atoms with Crippen LogP contribution in [0.2, 0.25) is 0 Å². The fourth-order valence-electron chi connectivity index (χ4n) is 2.25. The molecule has 0 aliphatic rings. The summed E-state index contributed by atoms with van der Waals surface area (Å²) < 4.78 is 0. The van der Waals surface area contributed by atoms with Crippen molar-refractivity contribution in [2.24, 2.45) is 11.8 Å². The van der Waals surface area contributed by atoms with E-state index in [1.54, 1.807) is 0 Å². The van der Waals surface area contributed by atoms with Gasteiger partial charge in [-0.05, 0) is 31.8 Å². The zero-order valence-corrected chi connectivity index (χ0v) is 11.7. The van der Waals surface area contributed by atoms with E-state index in [2.05, 4.69) is 26.1 Å². The Labute approximate surface area is 103 Å². The van der Waals surface area contributed by atoms with Crippen molar-refractivity contribution < 1.29 is 0 Å². The summed E-state index contributed by atoms with van der Waals surface area (Å²) >= 11 is 0. The largest absolute Gasteiger partial charge is 0.320 e. The van der Waals surface area contributed by atoms with Gasteiger partial charge in [-0.1, -0.05) is 65.7 Å². The molecule has 0 spiro atoms. The van der Waals surface area contributed by atoms with Gasteiger partial charge in [0.1, 0.15) is 0 Å². The summed E-state index contributed by atoms with van der Waals surface area (Å²) in [6, 6.07) is 0. The molecule has 1 N–H and O–H groups in total. The third kappa shape index (κ3) is 10.5. The molecule has 0 amide bonds. The van der Waals surface area contributed by atoms with Gasteiger partial charge in [0.15, 0.2) is 0 Å². The predicted molar refractivity (Wildman–Crippen MR) is 74.5 cm³/mol. The third-order valence-electron chi connectivity index (χ3n) is 3.46. The van der Waals surface area contributed by atoms with E-state index in [0.717, 1.165) is 18.3 Å². The van der Waals surface area contributed by atoms with Crippen LogP contribution in [-0.4, -0.2) is 13.6 Å². The molecular formula is C15H32N.